The van der Waals surface area contributed by atoms with E-state index in [2.05, 4.69) is 21.3 Å². The van der Waals surface area contributed by atoms with Crippen molar-refractivity contribution < 1.29 is 9.94 Å². The predicted octanol–water partition coefficient (Wildman–Crippen LogP) is 4.83. The van der Waals surface area contributed by atoms with Gasteiger partial charge < -0.3 is 9.94 Å². The van der Waals surface area contributed by atoms with Gasteiger partial charge in [-0.25, -0.2) is 9.67 Å². The molecule has 0 atom stereocenters. The lowest BCUT2D eigenvalue weighted by atomic mass is 10.1. The topological polar surface area (TPSA) is 72.5 Å². The molecule has 0 fully saturated rings. The Balaban J connectivity index is 1.78. The fourth-order valence-corrected chi connectivity index (χ4v) is 3.18. The summed E-state index contributed by atoms with van der Waals surface area (Å²) in [6.07, 6.45) is 0. The zero-order valence-electron chi connectivity index (χ0n) is 15.9. The molecule has 0 bridgehead atoms. The Kier molecular flexibility index (Phi) is 4.53. The third kappa shape index (κ3) is 3.32. The van der Waals surface area contributed by atoms with E-state index in [0.29, 0.717) is 17.2 Å². The molecule has 0 saturated carbocycles. The van der Waals surface area contributed by atoms with Crippen molar-refractivity contribution in [1.29, 1.82) is 0 Å². The molecule has 2 aromatic heterocycles. The van der Waals surface area contributed by atoms with Gasteiger partial charge in [-0.2, -0.15) is 5.10 Å². The minimum absolute atomic E-state index is 0.258. The quantitative estimate of drug-likeness (QED) is 0.242. The SMILES string of the molecule is Cc1ccc(/C(=N/O)n2nc(C)cc2C)c(Oc2ccc3ccccc3c2)n1. The Bertz CT molecular complexity index is 1190. The second-order valence-electron chi connectivity index (χ2n) is 6.68. The molecular weight excluding hydrogens is 352 g/mol. The Morgan fingerprint density at radius 2 is 1.71 bits per heavy atom. The highest BCUT2D eigenvalue weighted by Gasteiger charge is 2.19. The van der Waals surface area contributed by atoms with Gasteiger partial charge in [0.25, 0.3) is 0 Å². The highest BCUT2D eigenvalue weighted by Crippen LogP contribution is 2.28. The lowest BCUT2D eigenvalue weighted by Crippen LogP contribution is -2.18. The molecule has 0 aliphatic heterocycles. The highest BCUT2D eigenvalue weighted by atomic mass is 16.5. The summed E-state index contributed by atoms with van der Waals surface area (Å²) in [5.74, 6) is 1.27. The number of pyridine rings is 1. The van der Waals surface area contributed by atoms with Crippen LogP contribution < -0.4 is 4.74 Å². The first-order chi connectivity index (χ1) is 13.5. The van der Waals surface area contributed by atoms with E-state index >= 15 is 0 Å². The summed E-state index contributed by atoms with van der Waals surface area (Å²) < 4.78 is 7.68. The summed E-state index contributed by atoms with van der Waals surface area (Å²) in [5.41, 5.74) is 3.02. The molecule has 0 radical (unpaired) electrons. The maximum Gasteiger partial charge on any atom is 0.230 e. The average Bonchev–Trinajstić information content (AvgIpc) is 3.02. The molecule has 6 nitrogen and oxygen atoms in total. The van der Waals surface area contributed by atoms with Crippen molar-refractivity contribution in [1.82, 2.24) is 14.8 Å². The lowest BCUT2D eigenvalue weighted by Gasteiger charge is -2.13. The van der Waals surface area contributed by atoms with E-state index in [-0.39, 0.29) is 5.84 Å². The summed E-state index contributed by atoms with van der Waals surface area (Å²) in [5, 5.41) is 19.8. The van der Waals surface area contributed by atoms with E-state index in [4.69, 9.17) is 4.74 Å². The maximum absolute atomic E-state index is 9.71. The van der Waals surface area contributed by atoms with E-state index in [1.54, 1.807) is 4.68 Å². The van der Waals surface area contributed by atoms with Crippen LogP contribution in [0.1, 0.15) is 22.6 Å². The second kappa shape index (κ2) is 7.15. The van der Waals surface area contributed by atoms with Crippen molar-refractivity contribution in [3.05, 3.63) is 83.3 Å². The van der Waals surface area contributed by atoms with Gasteiger partial charge in [0.05, 0.1) is 11.3 Å². The second-order valence-corrected chi connectivity index (χ2v) is 6.68. The molecule has 0 saturated heterocycles. The molecule has 0 aliphatic carbocycles. The van der Waals surface area contributed by atoms with Gasteiger partial charge in [-0.3, -0.25) is 0 Å². The average molecular weight is 372 g/mol. The fraction of sp³-hybridized carbons (Fsp3) is 0.136. The maximum atomic E-state index is 9.71. The number of nitrogens with zero attached hydrogens (tertiary/aromatic N) is 4. The van der Waals surface area contributed by atoms with Crippen LogP contribution in [0.5, 0.6) is 11.6 Å². The molecule has 0 unspecified atom stereocenters. The molecule has 2 heterocycles. The van der Waals surface area contributed by atoms with Crippen LogP contribution in [0.4, 0.5) is 0 Å². The van der Waals surface area contributed by atoms with Crippen molar-refractivity contribution >= 4 is 16.6 Å². The van der Waals surface area contributed by atoms with Crippen molar-refractivity contribution in [2.45, 2.75) is 20.8 Å². The van der Waals surface area contributed by atoms with Gasteiger partial charge in [0.2, 0.25) is 11.7 Å². The van der Waals surface area contributed by atoms with E-state index < -0.39 is 0 Å². The first-order valence-corrected chi connectivity index (χ1v) is 8.95. The van der Waals surface area contributed by atoms with Gasteiger partial charge in [-0.05, 0) is 61.9 Å². The van der Waals surface area contributed by atoms with Crippen LogP contribution in [0.2, 0.25) is 0 Å². The zero-order chi connectivity index (χ0) is 19.7. The van der Waals surface area contributed by atoms with Crippen molar-refractivity contribution in [2.24, 2.45) is 5.16 Å². The summed E-state index contributed by atoms with van der Waals surface area (Å²) in [4.78, 5) is 4.52. The summed E-state index contributed by atoms with van der Waals surface area (Å²) in [6, 6.07) is 19.5. The molecule has 0 amide bonds. The Hall–Kier alpha value is -3.67. The molecule has 4 aromatic rings. The molecule has 6 heteroatoms. The number of benzene rings is 2. The molecule has 4 rings (SSSR count). The molecule has 1 N–H and O–H groups in total. The van der Waals surface area contributed by atoms with Crippen LogP contribution in [0.25, 0.3) is 10.8 Å². The highest BCUT2D eigenvalue weighted by molar-refractivity contribution is 6.01. The zero-order valence-corrected chi connectivity index (χ0v) is 15.9. The Morgan fingerprint density at radius 3 is 2.43 bits per heavy atom. The van der Waals surface area contributed by atoms with Gasteiger partial charge in [-0.1, -0.05) is 35.5 Å². The standard InChI is InChI=1S/C22H20N4O2/c1-14-8-11-20(21(25-27)26-16(3)12-15(2)24-26)22(23-14)28-19-10-9-17-6-4-5-7-18(17)13-19/h4-13,27H,1-3H3/b25-21-. The third-order valence-corrected chi connectivity index (χ3v) is 4.48. The van der Waals surface area contributed by atoms with Gasteiger partial charge in [0, 0.05) is 11.4 Å². The number of hydrogen-bond donors (Lipinski definition) is 1. The largest absolute Gasteiger partial charge is 0.438 e. The third-order valence-electron chi connectivity index (χ3n) is 4.48. The number of ether oxygens (including phenoxy) is 1. The predicted molar refractivity (Wildman–Crippen MR) is 108 cm³/mol. The van der Waals surface area contributed by atoms with E-state index in [1.165, 1.54) is 0 Å². The number of aryl methyl sites for hydroxylation is 3. The van der Waals surface area contributed by atoms with Crippen molar-refractivity contribution in [2.75, 3.05) is 0 Å². The van der Waals surface area contributed by atoms with Crippen LogP contribution in [-0.4, -0.2) is 25.8 Å². The van der Waals surface area contributed by atoms with Crippen LogP contribution in [0, 0.1) is 20.8 Å². The van der Waals surface area contributed by atoms with E-state index in [9.17, 15) is 5.21 Å². The van der Waals surface area contributed by atoms with Crippen molar-refractivity contribution in [3.63, 3.8) is 0 Å². The van der Waals surface area contributed by atoms with Gasteiger partial charge in [0.1, 0.15) is 5.75 Å². The smallest absolute Gasteiger partial charge is 0.230 e. The fourth-order valence-electron chi connectivity index (χ4n) is 3.18. The minimum Gasteiger partial charge on any atom is -0.438 e. The van der Waals surface area contributed by atoms with Gasteiger partial charge in [0.15, 0.2) is 0 Å². The van der Waals surface area contributed by atoms with Crippen molar-refractivity contribution in [3.8, 4) is 11.6 Å². The molecule has 0 aliphatic rings. The normalized spacial score (nSPS) is 11.8. The number of hydrogen-bond acceptors (Lipinski definition) is 5. The van der Waals surface area contributed by atoms with Crippen LogP contribution in [0.3, 0.4) is 0 Å². The molecule has 2 aromatic carbocycles. The number of aromatic nitrogens is 3. The van der Waals surface area contributed by atoms with Crippen LogP contribution in [-0.2, 0) is 0 Å². The first-order valence-electron chi connectivity index (χ1n) is 8.95. The van der Waals surface area contributed by atoms with Crippen LogP contribution in [0.15, 0.2) is 65.8 Å². The monoisotopic (exact) mass is 372 g/mol. The Morgan fingerprint density at radius 1 is 0.929 bits per heavy atom. The van der Waals surface area contributed by atoms with Gasteiger partial charge in [-0.15, -0.1) is 0 Å². The van der Waals surface area contributed by atoms with Gasteiger partial charge >= 0.3 is 0 Å². The Labute approximate surface area is 162 Å². The summed E-state index contributed by atoms with van der Waals surface area (Å²) in [7, 11) is 0. The van der Waals surface area contributed by atoms with Crippen LogP contribution >= 0.6 is 0 Å². The molecule has 28 heavy (non-hydrogen) atoms. The number of fused-ring (bicyclic) bond motifs is 1. The van der Waals surface area contributed by atoms with E-state index in [0.717, 1.165) is 27.9 Å². The number of oxime groups is 1. The molecule has 0 spiro atoms. The first kappa shape index (κ1) is 17.7. The molecule has 140 valence electrons. The summed E-state index contributed by atoms with van der Waals surface area (Å²) in [6.45, 7) is 5.67. The van der Waals surface area contributed by atoms with E-state index in [1.807, 2.05) is 75.4 Å². The molecular formula is C22H20N4O2. The minimum atomic E-state index is 0.258. The number of rotatable bonds is 3. The lowest BCUT2D eigenvalue weighted by molar-refractivity contribution is 0.316. The summed E-state index contributed by atoms with van der Waals surface area (Å²) >= 11 is 0.